The molecule has 2 aromatic heterocycles. The van der Waals surface area contributed by atoms with Crippen LogP contribution in [0.15, 0.2) is 60.8 Å². The lowest BCUT2D eigenvalue weighted by Gasteiger charge is -2.24. The Morgan fingerprint density at radius 2 is 1.69 bits per heavy atom. The lowest BCUT2D eigenvalue weighted by molar-refractivity contribution is 0.0767. The molecule has 1 atom stereocenters. The molecule has 0 unspecified atom stereocenters. The van der Waals surface area contributed by atoms with Gasteiger partial charge in [0.1, 0.15) is 11.6 Å². The average molecular weight is 525 g/mol. The molecule has 7 nitrogen and oxygen atoms in total. The van der Waals surface area contributed by atoms with Gasteiger partial charge in [0.25, 0.3) is 5.91 Å². The number of carbonyl (C=O) groups is 1. The van der Waals surface area contributed by atoms with Gasteiger partial charge in [0.05, 0.1) is 17.3 Å². The number of benzene rings is 2. The Morgan fingerprint density at radius 1 is 0.949 bits per heavy atom. The molecule has 0 radical (unpaired) electrons. The van der Waals surface area contributed by atoms with Gasteiger partial charge < -0.3 is 9.80 Å². The summed E-state index contributed by atoms with van der Waals surface area (Å²) in [6.07, 6.45) is 4.87. The van der Waals surface area contributed by atoms with Crippen LogP contribution >= 0.6 is 0 Å². The fraction of sp³-hybridized carbons (Fsp3) is 0.438. The van der Waals surface area contributed by atoms with Crippen LogP contribution in [0.25, 0.3) is 16.7 Å². The summed E-state index contributed by atoms with van der Waals surface area (Å²) in [5.41, 5.74) is 3.87. The van der Waals surface area contributed by atoms with Crippen LogP contribution in [0.1, 0.15) is 81.5 Å². The van der Waals surface area contributed by atoms with Crippen LogP contribution in [0.3, 0.4) is 0 Å². The van der Waals surface area contributed by atoms with E-state index < -0.39 is 0 Å². The zero-order chi connectivity index (χ0) is 27.6. The minimum atomic E-state index is 0.0648. The molecule has 2 aromatic carbocycles. The highest BCUT2D eigenvalue weighted by molar-refractivity contribution is 5.94. The quantitative estimate of drug-likeness (QED) is 0.293. The van der Waals surface area contributed by atoms with Crippen LogP contribution in [0.2, 0.25) is 0 Å². The third-order valence-electron chi connectivity index (χ3n) is 7.67. The zero-order valence-corrected chi connectivity index (χ0v) is 23.9. The Hall–Kier alpha value is -3.74. The van der Waals surface area contributed by atoms with Gasteiger partial charge in [0.15, 0.2) is 5.65 Å². The number of carbonyl (C=O) groups excluding carboxylic acids is 1. The van der Waals surface area contributed by atoms with Crippen molar-refractivity contribution in [1.82, 2.24) is 24.6 Å². The summed E-state index contributed by atoms with van der Waals surface area (Å²) in [4.78, 5) is 27.8. The van der Waals surface area contributed by atoms with Crippen LogP contribution in [0, 0.1) is 0 Å². The van der Waals surface area contributed by atoms with Crippen LogP contribution in [0.4, 0.5) is 5.82 Å². The van der Waals surface area contributed by atoms with E-state index in [1.807, 2.05) is 58.2 Å². The van der Waals surface area contributed by atoms with Gasteiger partial charge in [-0.05, 0) is 48.1 Å². The van der Waals surface area contributed by atoms with Gasteiger partial charge in [-0.2, -0.15) is 5.10 Å². The lowest BCUT2D eigenvalue weighted by Crippen LogP contribution is -2.35. The first-order valence-corrected chi connectivity index (χ1v) is 14.2. The summed E-state index contributed by atoms with van der Waals surface area (Å²) < 4.78 is 1.91. The molecule has 0 spiro atoms. The maximum Gasteiger partial charge on any atom is 0.253 e. The lowest BCUT2D eigenvalue weighted by atomic mass is 9.86. The predicted octanol–water partition coefficient (Wildman–Crippen LogP) is 6.37. The predicted molar refractivity (Wildman–Crippen MR) is 158 cm³/mol. The van der Waals surface area contributed by atoms with E-state index in [1.165, 1.54) is 5.56 Å². The molecule has 1 fully saturated rings. The molecule has 0 saturated carbocycles. The van der Waals surface area contributed by atoms with Crippen LogP contribution < -0.4 is 4.90 Å². The summed E-state index contributed by atoms with van der Waals surface area (Å²) in [7, 11) is 0. The number of nitrogens with zero attached hydrogens (tertiary/aromatic N) is 6. The van der Waals surface area contributed by atoms with Crippen molar-refractivity contribution < 1.29 is 4.79 Å². The zero-order valence-electron chi connectivity index (χ0n) is 23.9. The molecule has 0 aliphatic carbocycles. The SMILES string of the molecule is CCC[C@@H](C)c1nc(N2CCCN(C(=O)c3ccc(C(C)(C)C)cc3)CC2)c2cnn(-c3ccccc3)c2n1. The summed E-state index contributed by atoms with van der Waals surface area (Å²) in [5.74, 6) is 2.12. The molecule has 0 bridgehead atoms. The molecule has 5 rings (SSSR count). The second kappa shape index (κ2) is 11.2. The first-order valence-electron chi connectivity index (χ1n) is 14.2. The van der Waals surface area contributed by atoms with E-state index in [4.69, 9.17) is 15.1 Å². The van der Waals surface area contributed by atoms with Crippen molar-refractivity contribution in [2.45, 2.75) is 65.2 Å². The van der Waals surface area contributed by atoms with Gasteiger partial charge in [-0.15, -0.1) is 0 Å². The second-order valence-corrected chi connectivity index (χ2v) is 11.7. The Kier molecular flexibility index (Phi) is 7.69. The molecule has 7 heteroatoms. The highest BCUT2D eigenvalue weighted by Crippen LogP contribution is 2.30. The van der Waals surface area contributed by atoms with Gasteiger partial charge in [0, 0.05) is 37.7 Å². The molecule has 204 valence electrons. The maximum atomic E-state index is 13.4. The molecule has 1 saturated heterocycles. The number of amides is 1. The highest BCUT2D eigenvalue weighted by atomic mass is 16.2. The molecular formula is C32H40N6O. The number of para-hydroxylation sites is 1. The van der Waals surface area contributed by atoms with E-state index in [-0.39, 0.29) is 17.2 Å². The molecule has 1 aliphatic rings. The van der Waals surface area contributed by atoms with Crippen LogP contribution in [-0.2, 0) is 5.41 Å². The number of hydrogen-bond donors (Lipinski definition) is 0. The van der Waals surface area contributed by atoms with Gasteiger partial charge in [0.2, 0.25) is 0 Å². The molecule has 4 aromatic rings. The van der Waals surface area contributed by atoms with Crippen LogP contribution in [-0.4, -0.2) is 56.7 Å². The van der Waals surface area contributed by atoms with Crippen molar-refractivity contribution >= 4 is 22.8 Å². The first kappa shape index (κ1) is 26.9. The minimum absolute atomic E-state index is 0.0648. The second-order valence-electron chi connectivity index (χ2n) is 11.7. The van der Waals surface area contributed by atoms with Gasteiger partial charge in [-0.1, -0.05) is 71.4 Å². The van der Waals surface area contributed by atoms with E-state index in [2.05, 4.69) is 51.7 Å². The molecule has 1 aliphatic heterocycles. The average Bonchev–Trinajstić information content (AvgIpc) is 3.21. The molecule has 3 heterocycles. The number of fused-ring (bicyclic) bond motifs is 1. The van der Waals surface area contributed by atoms with Gasteiger partial charge in [-0.25, -0.2) is 14.6 Å². The smallest absolute Gasteiger partial charge is 0.253 e. The van der Waals surface area contributed by atoms with E-state index in [0.717, 1.165) is 72.8 Å². The third kappa shape index (κ3) is 5.68. The Labute approximate surface area is 231 Å². The van der Waals surface area contributed by atoms with Crippen molar-refractivity contribution in [3.05, 3.63) is 77.7 Å². The van der Waals surface area contributed by atoms with Crippen molar-refractivity contribution in [2.75, 3.05) is 31.1 Å². The van der Waals surface area contributed by atoms with Crippen molar-refractivity contribution in [3.63, 3.8) is 0 Å². The standard InChI is InChI=1S/C32H40N6O/c1-6-11-23(2)28-34-29(27-22-33-38(30(27)35-28)26-12-8-7-9-13-26)36-18-10-19-37(21-20-36)31(39)24-14-16-25(17-15-24)32(3,4)5/h7-9,12-17,22-23H,6,10-11,18-21H2,1-5H3/t23-/m1/s1. The van der Waals surface area contributed by atoms with Crippen molar-refractivity contribution in [1.29, 1.82) is 0 Å². The van der Waals surface area contributed by atoms with E-state index in [0.29, 0.717) is 6.54 Å². The summed E-state index contributed by atoms with van der Waals surface area (Å²) in [6.45, 7) is 13.9. The number of anilines is 1. The van der Waals surface area contributed by atoms with E-state index >= 15 is 0 Å². The Bertz CT molecular complexity index is 1420. The van der Waals surface area contributed by atoms with Gasteiger partial charge in [-0.3, -0.25) is 4.79 Å². The Morgan fingerprint density at radius 3 is 2.38 bits per heavy atom. The van der Waals surface area contributed by atoms with E-state index in [1.54, 1.807) is 0 Å². The topological polar surface area (TPSA) is 67.2 Å². The maximum absolute atomic E-state index is 13.4. The molecular weight excluding hydrogens is 484 g/mol. The largest absolute Gasteiger partial charge is 0.354 e. The first-order chi connectivity index (χ1) is 18.8. The fourth-order valence-electron chi connectivity index (χ4n) is 5.32. The van der Waals surface area contributed by atoms with Crippen molar-refractivity contribution in [2.24, 2.45) is 0 Å². The number of hydrogen-bond acceptors (Lipinski definition) is 5. The van der Waals surface area contributed by atoms with E-state index in [9.17, 15) is 4.79 Å². The molecule has 0 N–H and O–H groups in total. The summed E-state index contributed by atoms with van der Waals surface area (Å²) in [6, 6.07) is 18.2. The fourth-order valence-corrected chi connectivity index (χ4v) is 5.32. The Balaban J connectivity index is 1.43. The van der Waals surface area contributed by atoms with Gasteiger partial charge >= 0.3 is 0 Å². The number of rotatable bonds is 6. The van der Waals surface area contributed by atoms with Crippen LogP contribution in [0.5, 0.6) is 0 Å². The van der Waals surface area contributed by atoms with Crippen molar-refractivity contribution in [3.8, 4) is 5.69 Å². The minimum Gasteiger partial charge on any atom is -0.354 e. The normalized spacial score (nSPS) is 15.4. The highest BCUT2D eigenvalue weighted by Gasteiger charge is 2.25. The molecule has 1 amide bonds. The summed E-state index contributed by atoms with van der Waals surface area (Å²) in [5, 5.41) is 5.67. The summed E-state index contributed by atoms with van der Waals surface area (Å²) >= 11 is 0. The number of aromatic nitrogens is 4. The monoisotopic (exact) mass is 524 g/mol. The molecule has 39 heavy (non-hydrogen) atoms. The third-order valence-corrected chi connectivity index (χ3v) is 7.67.